The van der Waals surface area contributed by atoms with Gasteiger partial charge in [0.15, 0.2) is 0 Å². The third-order valence-corrected chi connectivity index (χ3v) is 7.38. The van der Waals surface area contributed by atoms with Crippen LogP contribution in [0, 0.1) is 23.0 Å². The first-order chi connectivity index (χ1) is 17.2. The molecule has 0 saturated heterocycles. The summed E-state index contributed by atoms with van der Waals surface area (Å²) in [4.78, 5) is 26.8. The minimum absolute atomic E-state index is 0.0123. The number of aromatic nitrogens is 1. The van der Waals surface area contributed by atoms with E-state index < -0.39 is 29.0 Å². The molecule has 2 aromatic carbocycles. The SMILES string of the molecule is CCCNC(=O)C1=c2s/c(=C\c3c(F)cccc3Cl)c(=O)n2C(N)=C(C#N)C1c1c(F)cccc1Cl. The average molecular weight is 547 g/mol. The van der Waals surface area contributed by atoms with Gasteiger partial charge in [-0.05, 0) is 36.8 Å². The number of thiazole rings is 1. The lowest BCUT2D eigenvalue weighted by Gasteiger charge is -2.26. The van der Waals surface area contributed by atoms with Crippen molar-refractivity contribution in [3.63, 3.8) is 0 Å². The number of carbonyl (C=O) groups excluding carboxylic acids is 1. The number of carbonyl (C=O) groups is 1. The average Bonchev–Trinajstić information content (AvgIpc) is 3.16. The molecule has 0 radical (unpaired) electrons. The Bertz CT molecular complexity index is 1610. The third-order valence-electron chi connectivity index (χ3n) is 5.61. The van der Waals surface area contributed by atoms with E-state index in [-0.39, 0.29) is 47.3 Å². The summed E-state index contributed by atoms with van der Waals surface area (Å²) >= 11 is 13.3. The first-order valence-corrected chi connectivity index (χ1v) is 12.3. The van der Waals surface area contributed by atoms with Crippen LogP contribution >= 0.6 is 34.5 Å². The Hall–Kier alpha value is -3.45. The maximum absolute atomic E-state index is 15.1. The smallest absolute Gasteiger partial charge is 0.274 e. The Kier molecular flexibility index (Phi) is 7.31. The van der Waals surface area contributed by atoms with Gasteiger partial charge < -0.3 is 11.1 Å². The summed E-state index contributed by atoms with van der Waals surface area (Å²) < 4.78 is 30.6. The number of hydrogen-bond donors (Lipinski definition) is 2. The molecule has 6 nitrogen and oxygen atoms in total. The molecule has 0 spiro atoms. The summed E-state index contributed by atoms with van der Waals surface area (Å²) in [6.07, 6.45) is 1.86. The van der Waals surface area contributed by atoms with Gasteiger partial charge in [-0.25, -0.2) is 8.78 Å². The summed E-state index contributed by atoms with van der Waals surface area (Å²) in [5.74, 6) is -3.56. The number of nitriles is 1. The molecule has 0 saturated carbocycles. The van der Waals surface area contributed by atoms with Crippen LogP contribution in [0.2, 0.25) is 10.0 Å². The summed E-state index contributed by atoms with van der Waals surface area (Å²) in [5, 5.41) is 12.8. The van der Waals surface area contributed by atoms with Crippen molar-refractivity contribution < 1.29 is 13.6 Å². The van der Waals surface area contributed by atoms with E-state index >= 15 is 4.39 Å². The molecule has 11 heteroatoms. The fraction of sp³-hybridized carbons (Fsp3) is 0.160. The van der Waals surface area contributed by atoms with Crippen LogP contribution in [0.15, 0.2) is 46.8 Å². The summed E-state index contributed by atoms with van der Waals surface area (Å²) in [6, 6.07) is 9.99. The van der Waals surface area contributed by atoms with Gasteiger partial charge in [0, 0.05) is 22.7 Å². The largest absolute Gasteiger partial charge is 0.384 e. The van der Waals surface area contributed by atoms with Crippen LogP contribution in [0.4, 0.5) is 8.78 Å². The van der Waals surface area contributed by atoms with E-state index in [1.165, 1.54) is 36.4 Å². The topological polar surface area (TPSA) is 101 Å². The minimum Gasteiger partial charge on any atom is -0.384 e. The number of nitrogens with two attached hydrogens (primary N) is 1. The number of hydrogen-bond acceptors (Lipinski definition) is 5. The number of amides is 1. The van der Waals surface area contributed by atoms with Gasteiger partial charge in [-0.3, -0.25) is 14.2 Å². The summed E-state index contributed by atoms with van der Waals surface area (Å²) in [6.45, 7) is 2.14. The molecule has 0 fully saturated rings. The predicted molar refractivity (Wildman–Crippen MR) is 137 cm³/mol. The Morgan fingerprint density at radius 3 is 2.50 bits per heavy atom. The molecule has 184 valence electrons. The minimum atomic E-state index is -1.27. The fourth-order valence-corrected chi connectivity index (χ4v) is 5.60. The number of nitrogens with one attached hydrogen (secondary N) is 1. The monoisotopic (exact) mass is 546 g/mol. The first kappa shape index (κ1) is 25.6. The lowest BCUT2D eigenvalue weighted by Crippen LogP contribution is -2.42. The molecule has 1 aliphatic heterocycles. The quantitative estimate of drug-likeness (QED) is 0.511. The van der Waals surface area contributed by atoms with Gasteiger partial charge in [-0.2, -0.15) is 5.26 Å². The van der Waals surface area contributed by atoms with E-state index in [0.717, 1.165) is 22.0 Å². The van der Waals surface area contributed by atoms with E-state index in [1.54, 1.807) is 0 Å². The van der Waals surface area contributed by atoms with Crippen molar-refractivity contribution in [3.05, 3.63) is 94.3 Å². The second-order valence-electron chi connectivity index (χ2n) is 7.84. The van der Waals surface area contributed by atoms with Crippen molar-refractivity contribution >= 4 is 57.9 Å². The van der Waals surface area contributed by atoms with Gasteiger partial charge in [0.1, 0.15) is 22.1 Å². The van der Waals surface area contributed by atoms with Crippen molar-refractivity contribution in [1.82, 2.24) is 9.88 Å². The maximum atomic E-state index is 15.1. The highest BCUT2D eigenvalue weighted by atomic mass is 35.5. The molecular formula is C25H18Cl2F2N4O2S. The van der Waals surface area contributed by atoms with Gasteiger partial charge in [-0.1, -0.05) is 42.3 Å². The standard InChI is InChI=1S/C25H18Cl2F2N4O2S/c1-2-9-32-23(34)21-19(20-15(27)6-4-8-17(20)29)13(11-30)22(31)33-24(35)18(36-25(21)33)10-12-14(26)5-3-7-16(12)28/h3-8,10,19H,2,9,31H2,1H3,(H,32,34)/b18-10-. The summed E-state index contributed by atoms with van der Waals surface area (Å²) in [5.41, 5.74) is 5.16. The number of fused-ring (bicyclic) bond motifs is 1. The predicted octanol–water partition coefficient (Wildman–Crippen LogP) is 3.45. The van der Waals surface area contributed by atoms with Crippen LogP contribution in [-0.2, 0) is 4.79 Å². The molecule has 1 amide bonds. The molecule has 0 aliphatic carbocycles. The number of allylic oxidation sites excluding steroid dienone is 1. The molecule has 0 bridgehead atoms. The molecule has 4 rings (SSSR count). The molecule has 3 aromatic rings. The Balaban J connectivity index is 2.15. The van der Waals surface area contributed by atoms with Crippen molar-refractivity contribution in [2.75, 3.05) is 6.54 Å². The van der Waals surface area contributed by atoms with E-state index in [2.05, 4.69) is 5.32 Å². The highest BCUT2D eigenvalue weighted by Gasteiger charge is 2.38. The molecule has 1 unspecified atom stereocenters. The third kappa shape index (κ3) is 4.32. The van der Waals surface area contributed by atoms with E-state index in [0.29, 0.717) is 13.0 Å². The molecule has 1 atom stereocenters. The van der Waals surface area contributed by atoms with Crippen LogP contribution in [0.3, 0.4) is 0 Å². The second kappa shape index (κ2) is 10.3. The Morgan fingerprint density at radius 2 is 1.89 bits per heavy atom. The lowest BCUT2D eigenvalue weighted by molar-refractivity contribution is -0.115. The number of halogens is 4. The molecular weight excluding hydrogens is 529 g/mol. The zero-order valence-corrected chi connectivity index (χ0v) is 21.1. The number of rotatable bonds is 5. The fourth-order valence-electron chi connectivity index (χ4n) is 3.96. The highest BCUT2D eigenvalue weighted by Crippen LogP contribution is 2.40. The number of nitrogens with zero attached hydrogens (tertiary/aromatic N) is 2. The maximum Gasteiger partial charge on any atom is 0.274 e. The van der Waals surface area contributed by atoms with Crippen LogP contribution in [0.25, 0.3) is 17.5 Å². The lowest BCUT2D eigenvalue weighted by atomic mass is 9.83. The molecule has 1 aromatic heterocycles. The zero-order valence-electron chi connectivity index (χ0n) is 18.7. The normalized spacial score (nSPS) is 15.6. The van der Waals surface area contributed by atoms with Crippen molar-refractivity contribution in [2.45, 2.75) is 19.3 Å². The highest BCUT2D eigenvalue weighted by molar-refractivity contribution is 7.07. The van der Waals surface area contributed by atoms with Gasteiger partial charge in [0.2, 0.25) is 0 Å². The van der Waals surface area contributed by atoms with Crippen molar-refractivity contribution in [2.24, 2.45) is 5.73 Å². The second-order valence-corrected chi connectivity index (χ2v) is 9.69. The van der Waals surface area contributed by atoms with Gasteiger partial charge in [0.25, 0.3) is 11.5 Å². The Labute approximate surface area is 218 Å². The van der Waals surface area contributed by atoms with Gasteiger partial charge in [-0.15, -0.1) is 11.3 Å². The van der Waals surface area contributed by atoms with Crippen molar-refractivity contribution in [1.29, 1.82) is 5.26 Å². The van der Waals surface area contributed by atoms with Crippen LogP contribution in [0.5, 0.6) is 0 Å². The summed E-state index contributed by atoms with van der Waals surface area (Å²) in [7, 11) is 0. The van der Waals surface area contributed by atoms with Crippen LogP contribution in [0.1, 0.15) is 30.4 Å². The van der Waals surface area contributed by atoms with E-state index in [9.17, 15) is 19.2 Å². The van der Waals surface area contributed by atoms with Crippen LogP contribution in [-0.4, -0.2) is 17.0 Å². The van der Waals surface area contributed by atoms with Gasteiger partial charge >= 0.3 is 0 Å². The Morgan fingerprint density at radius 1 is 1.22 bits per heavy atom. The van der Waals surface area contributed by atoms with E-state index in [4.69, 9.17) is 28.9 Å². The molecule has 1 aliphatic rings. The number of benzene rings is 2. The molecule has 3 N–H and O–H groups in total. The molecule has 36 heavy (non-hydrogen) atoms. The van der Waals surface area contributed by atoms with E-state index in [1.807, 2.05) is 13.0 Å². The van der Waals surface area contributed by atoms with Crippen molar-refractivity contribution in [3.8, 4) is 6.07 Å². The zero-order chi connectivity index (χ0) is 26.1. The van der Waals surface area contributed by atoms with Gasteiger partial charge in [0.05, 0.1) is 32.7 Å². The molecule has 2 heterocycles. The first-order valence-electron chi connectivity index (χ1n) is 10.7. The van der Waals surface area contributed by atoms with Crippen LogP contribution < -0.4 is 25.8 Å².